The molecular weight excluding hydrogens is 316 g/mol. The Morgan fingerprint density at radius 3 is 2.36 bits per heavy atom. The van der Waals surface area contributed by atoms with Crippen molar-refractivity contribution >= 4 is 11.9 Å². The fourth-order valence-corrected chi connectivity index (χ4v) is 5.06. The van der Waals surface area contributed by atoms with Crippen molar-refractivity contribution in [1.82, 2.24) is 10.2 Å². The average molecular weight is 348 g/mol. The molecule has 0 aliphatic heterocycles. The fourth-order valence-electron chi connectivity index (χ4n) is 5.06. The van der Waals surface area contributed by atoms with Crippen molar-refractivity contribution < 1.29 is 14.7 Å². The van der Waals surface area contributed by atoms with Crippen molar-refractivity contribution in [2.75, 3.05) is 13.1 Å². The van der Waals surface area contributed by atoms with E-state index in [0.29, 0.717) is 17.9 Å². The van der Waals surface area contributed by atoms with E-state index in [0.717, 1.165) is 31.7 Å². The molecule has 140 valence electrons. The largest absolute Gasteiger partial charge is 0.480 e. The third kappa shape index (κ3) is 4.36. The van der Waals surface area contributed by atoms with Gasteiger partial charge < -0.3 is 10.4 Å². The predicted octanol–water partition coefficient (Wildman–Crippen LogP) is 2.65. The molecular formula is C20H32N2O3. The van der Waals surface area contributed by atoms with Crippen LogP contribution < -0.4 is 5.32 Å². The van der Waals surface area contributed by atoms with Gasteiger partial charge in [-0.3, -0.25) is 14.5 Å². The number of carbonyl (C=O) groups excluding carboxylic acids is 1. The number of rotatable bonds is 8. The van der Waals surface area contributed by atoms with Crippen molar-refractivity contribution in [3.05, 3.63) is 0 Å². The van der Waals surface area contributed by atoms with Gasteiger partial charge in [-0.2, -0.15) is 0 Å². The molecule has 1 amide bonds. The fraction of sp³-hybridized carbons (Fsp3) is 0.900. The number of hydrogen-bond acceptors (Lipinski definition) is 3. The Morgan fingerprint density at radius 1 is 1.00 bits per heavy atom. The molecule has 5 nitrogen and oxygen atoms in total. The van der Waals surface area contributed by atoms with Gasteiger partial charge in [0.25, 0.3) is 0 Å². The summed E-state index contributed by atoms with van der Waals surface area (Å²) in [6, 6.07) is 0.607. The van der Waals surface area contributed by atoms with Gasteiger partial charge in [-0.05, 0) is 49.9 Å². The molecule has 5 heteroatoms. The first-order chi connectivity index (χ1) is 12.1. The van der Waals surface area contributed by atoms with Crippen LogP contribution in [-0.4, -0.2) is 47.1 Å². The molecule has 4 saturated carbocycles. The molecule has 4 aliphatic carbocycles. The third-order valence-electron chi connectivity index (χ3n) is 6.94. The second kappa shape index (κ2) is 7.26. The number of carboxylic acids is 1. The molecule has 0 aromatic heterocycles. The molecule has 0 saturated heterocycles. The molecule has 0 radical (unpaired) electrons. The summed E-state index contributed by atoms with van der Waals surface area (Å²) in [5, 5.41) is 12.4. The van der Waals surface area contributed by atoms with Gasteiger partial charge >= 0.3 is 5.97 Å². The quantitative estimate of drug-likeness (QED) is 0.707. The van der Waals surface area contributed by atoms with E-state index in [1.165, 1.54) is 44.9 Å². The van der Waals surface area contributed by atoms with Gasteiger partial charge in [0, 0.05) is 24.5 Å². The number of carboxylic acid groups (broad SMARTS) is 1. The Kier molecular flexibility index (Phi) is 5.03. The SMILES string of the molecule is O=C(O)CN(CC1CC1)C1CC(NC(=O)[C@H]2C[C@@H]2C2CCCCC2)C1. The smallest absolute Gasteiger partial charge is 0.317 e. The maximum Gasteiger partial charge on any atom is 0.317 e. The summed E-state index contributed by atoms with van der Waals surface area (Å²) in [6.07, 6.45) is 12.1. The molecule has 0 spiro atoms. The number of amides is 1. The number of carbonyl (C=O) groups is 2. The van der Waals surface area contributed by atoms with Gasteiger partial charge in [-0.15, -0.1) is 0 Å². The Morgan fingerprint density at radius 2 is 1.72 bits per heavy atom. The van der Waals surface area contributed by atoms with Crippen LogP contribution in [0.15, 0.2) is 0 Å². The van der Waals surface area contributed by atoms with Crippen molar-refractivity contribution in [1.29, 1.82) is 0 Å². The van der Waals surface area contributed by atoms with Crippen LogP contribution in [-0.2, 0) is 9.59 Å². The number of hydrogen-bond donors (Lipinski definition) is 2. The highest BCUT2D eigenvalue weighted by molar-refractivity contribution is 5.82. The Bertz CT molecular complexity index is 507. The highest BCUT2D eigenvalue weighted by atomic mass is 16.4. The van der Waals surface area contributed by atoms with E-state index in [1.54, 1.807) is 0 Å². The van der Waals surface area contributed by atoms with Gasteiger partial charge in [0.05, 0.1) is 6.54 Å². The van der Waals surface area contributed by atoms with Crippen molar-refractivity contribution in [3.63, 3.8) is 0 Å². The minimum atomic E-state index is -0.735. The highest BCUT2D eigenvalue weighted by Crippen LogP contribution is 2.49. The normalized spacial score (nSPS) is 35.2. The molecule has 0 heterocycles. The standard InChI is InChI=1S/C20H32N2O3/c23-19(24)12-22(11-13-6-7-13)16-8-15(9-16)21-20(25)18-10-17(18)14-4-2-1-3-5-14/h13-18H,1-12H2,(H,21,25)(H,23,24)/t15?,16?,17-,18+/m1/s1. The first kappa shape index (κ1) is 17.3. The molecule has 0 bridgehead atoms. The molecule has 4 fully saturated rings. The van der Waals surface area contributed by atoms with E-state index in [1.807, 2.05) is 0 Å². The summed E-state index contributed by atoms with van der Waals surface area (Å²) in [4.78, 5) is 25.7. The predicted molar refractivity (Wildman–Crippen MR) is 95.1 cm³/mol. The van der Waals surface area contributed by atoms with Crippen LogP contribution in [0.25, 0.3) is 0 Å². The van der Waals surface area contributed by atoms with E-state index in [-0.39, 0.29) is 24.4 Å². The maximum atomic E-state index is 12.5. The van der Waals surface area contributed by atoms with E-state index in [4.69, 9.17) is 5.11 Å². The summed E-state index contributed by atoms with van der Waals surface area (Å²) in [7, 11) is 0. The van der Waals surface area contributed by atoms with Gasteiger partial charge in [0.15, 0.2) is 0 Å². The minimum Gasteiger partial charge on any atom is -0.480 e. The molecule has 4 rings (SSSR count). The lowest BCUT2D eigenvalue weighted by Gasteiger charge is -2.42. The second-order valence-corrected chi connectivity index (χ2v) is 9.00. The van der Waals surface area contributed by atoms with Crippen LogP contribution in [0, 0.1) is 23.7 Å². The van der Waals surface area contributed by atoms with Crippen molar-refractivity contribution in [3.8, 4) is 0 Å². The number of nitrogens with one attached hydrogen (secondary N) is 1. The van der Waals surface area contributed by atoms with Gasteiger partial charge in [0.2, 0.25) is 5.91 Å². The summed E-state index contributed by atoms with van der Waals surface area (Å²) in [5.74, 6) is 1.95. The average Bonchev–Trinajstić information content (AvgIpc) is 3.43. The lowest BCUT2D eigenvalue weighted by atomic mass is 9.84. The van der Waals surface area contributed by atoms with Crippen LogP contribution >= 0.6 is 0 Å². The Labute approximate surface area is 150 Å². The van der Waals surface area contributed by atoms with Gasteiger partial charge in [-0.25, -0.2) is 0 Å². The molecule has 2 atom stereocenters. The maximum absolute atomic E-state index is 12.5. The zero-order valence-corrected chi connectivity index (χ0v) is 15.2. The Balaban J connectivity index is 1.18. The highest BCUT2D eigenvalue weighted by Gasteiger charge is 2.48. The van der Waals surface area contributed by atoms with E-state index in [2.05, 4.69) is 10.2 Å². The summed E-state index contributed by atoms with van der Waals surface area (Å²) in [5.41, 5.74) is 0. The molecule has 0 unspecified atom stereocenters. The van der Waals surface area contributed by atoms with Crippen LogP contribution in [0.4, 0.5) is 0 Å². The van der Waals surface area contributed by atoms with E-state index in [9.17, 15) is 9.59 Å². The number of nitrogens with zero attached hydrogens (tertiary/aromatic N) is 1. The van der Waals surface area contributed by atoms with Crippen molar-refractivity contribution in [2.45, 2.75) is 76.3 Å². The van der Waals surface area contributed by atoms with Crippen LogP contribution in [0.5, 0.6) is 0 Å². The molecule has 4 aliphatic rings. The topological polar surface area (TPSA) is 69.6 Å². The zero-order chi connectivity index (χ0) is 17.4. The third-order valence-corrected chi connectivity index (χ3v) is 6.94. The first-order valence-electron chi connectivity index (χ1n) is 10.4. The van der Waals surface area contributed by atoms with E-state index < -0.39 is 5.97 Å². The first-order valence-corrected chi connectivity index (χ1v) is 10.4. The van der Waals surface area contributed by atoms with Gasteiger partial charge in [-0.1, -0.05) is 32.1 Å². The van der Waals surface area contributed by atoms with Crippen molar-refractivity contribution in [2.24, 2.45) is 23.7 Å². The Hall–Kier alpha value is -1.10. The van der Waals surface area contributed by atoms with Crippen LogP contribution in [0.2, 0.25) is 0 Å². The monoisotopic (exact) mass is 348 g/mol. The number of aliphatic carboxylic acids is 1. The summed E-state index contributed by atoms with van der Waals surface area (Å²) in [6.45, 7) is 1.07. The lowest BCUT2D eigenvalue weighted by molar-refractivity contribution is -0.140. The van der Waals surface area contributed by atoms with Crippen LogP contribution in [0.3, 0.4) is 0 Å². The molecule has 0 aromatic rings. The zero-order valence-electron chi connectivity index (χ0n) is 15.2. The lowest BCUT2D eigenvalue weighted by Crippen LogP contribution is -2.55. The molecule has 25 heavy (non-hydrogen) atoms. The van der Waals surface area contributed by atoms with E-state index >= 15 is 0 Å². The molecule has 0 aromatic carbocycles. The van der Waals surface area contributed by atoms with Crippen LogP contribution in [0.1, 0.15) is 64.2 Å². The molecule has 2 N–H and O–H groups in total. The second-order valence-electron chi connectivity index (χ2n) is 9.00. The minimum absolute atomic E-state index is 0.147. The summed E-state index contributed by atoms with van der Waals surface area (Å²) < 4.78 is 0. The summed E-state index contributed by atoms with van der Waals surface area (Å²) >= 11 is 0. The van der Waals surface area contributed by atoms with Gasteiger partial charge in [0.1, 0.15) is 0 Å².